The topological polar surface area (TPSA) is 108 Å². The van der Waals surface area contributed by atoms with Crippen molar-refractivity contribution in [2.75, 3.05) is 26.4 Å². The molecule has 0 aliphatic rings. The van der Waals surface area contributed by atoms with Crippen LogP contribution in [-0.4, -0.2) is 49.4 Å². The van der Waals surface area contributed by atoms with Gasteiger partial charge in [-0.25, -0.2) is 14.4 Å². The number of benzene rings is 3. The fourth-order valence-electron chi connectivity index (χ4n) is 4.34. The number of hydrogen-bond acceptors (Lipinski definition) is 8. The standard InChI is InChI=1S/C38H42O8/c1-3-36(40)44-25-8-6-4-5-7-10-30-11-16-32(17-12-30)33-18-13-31(14-19-33)15-24-37(41)46-35-22-20-34(21-23-35)43-26-9-27-45-38(42)29(2)28-39/h3,11-24,39H,1-2,4-10,25-28H2/b24-15+. The van der Waals surface area contributed by atoms with Crippen molar-refractivity contribution in [3.8, 4) is 22.6 Å². The first kappa shape index (κ1) is 35.5. The Labute approximate surface area is 271 Å². The molecule has 242 valence electrons. The van der Waals surface area contributed by atoms with E-state index in [9.17, 15) is 14.4 Å². The second kappa shape index (κ2) is 20.2. The van der Waals surface area contributed by atoms with Gasteiger partial charge in [-0.2, -0.15) is 0 Å². The molecule has 0 radical (unpaired) electrons. The van der Waals surface area contributed by atoms with Gasteiger partial charge in [0, 0.05) is 18.6 Å². The SMILES string of the molecule is C=CC(=O)OCCCCCCCc1ccc(-c2ccc(/C=C/C(=O)Oc3ccc(OCCCOC(=O)C(=C)CO)cc3)cc2)cc1. The lowest BCUT2D eigenvalue weighted by atomic mass is 10.00. The number of aliphatic hydroxyl groups is 1. The van der Waals surface area contributed by atoms with Crippen molar-refractivity contribution in [3.63, 3.8) is 0 Å². The Balaban J connectivity index is 1.34. The maximum absolute atomic E-state index is 12.3. The number of ether oxygens (including phenoxy) is 4. The van der Waals surface area contributed by atoms with Crippen LogP contribution in [0.2, 0.25) is 0 Å². The molecule has 0 atom stereocenters. The van der Waals surface area contributed by atoms with Crippen LogP contribution in [-0.2, 0) is 30.3 Å². The number of rotatable bonds is 20. The summed E-state index contributed by atoms with van der Waals surface area (Å²) in [6, 6.07) is 23.2. The van der Waals surface area contributed by atoms with Crippen LogP contribution in [0.25, 0.3) is 17.2 Å². The molecule has 0 bridgehead atoms. The van der Waals surface area contributed by atoms with Crippen molar-refractivity contribution in [2.45, 2.75) is 44.9 Å². The predicted octanol–water partition coefficient (Wildman–Crippen LogP) is 7.06. The number of esters is 3. The molecule has 0 aliphatic carbocycles. The van der Waals surface area contributed by atoms with Gasteiger partial charge in [0.15, 0.2) is 0 Å². The second-order valence-corrected chi connectivity index (χ2v) is 10.5. The first-order valence-corrected chi connectivity index (χ1v) is 15.4. The Bertz CT molecular complexity index is 1440. The third-order valence-electron chi connectivity index (χ3n) is 6.94. The molecular formula is C38H42O8. The molecule has 0 saturated heterocycles. The number of carbonyl (C=O) groups is 3. The molecule has 0 unspecified atom stereocenters. The van der Waals surface area contributed by atoms with Gasteiger partial charge in [-0.05, 0) is 71.9 Å². The summed E-state index contributed by atoms with van der Waals surface area (Å²) in [5.41, 5.74) is 4.43. The van der Waals surface area contributed by atoms with Gasteiger partial charge in [-0.15, -0.1) is 0 Å². The van der Waals surface area contributed by atoms with Gasteiger partial charge >= 0.3 is 17.9 Å². The van der Waals surface area contributed by atoms with E-state index in [4.69, 9.17) is 24.1 Å². The average Bonchev–Trinajstić information content (AvgIpc) is 3.09. The summed E-state index contributed by atoms with van der Waals surface area (Å²) in [6.45, 7) is 7.30. The molecule has 8 heteroatoms. The molecular weight excluding hydrogens is 584 g/mol. The van der Waals surface area contributed by atoms with Crippen molar-refractivity contribution in [2.24, 2.45) is 0 Å². The summed E-state index contributed by atoms with van der Waals surface area (Å²) in [5, 5.41) is 8.85. The van der Waals surface area contributed by atoms with E-state index in [-0.39, 0.29) is 18.1 Å². The smallest absolute Gasteiger partial charge is 0.336 e. The van der Waals surface area contributed by atoms with E-state index in [0.717, 1.165) is 55.2 Å². The molecule has 1 N–H and O–H groups in total. The number of aliphatic hydroxyl groups excluding tert-OH is 1. The minimum atomic E-state index is -0.625. The first-order chi connectivity index (χ1) is 22.4. The van der Waals surface area contributed by atoms with Gasteiger partial charge < -0.3 is 24.1 Å². The Morgan fingerprint density at radius 1 is 0.674 bits per heavy atom. The molecule has 0 fully saturated rings. The van der Waals surface area contributed by atoms with Gasteiger partial charge in [0.1, 0.15) is 11.5 Å². The van der Waals surface area contributed by atoms with Crippen molar-refractivity contribution in [3.05, 3.63) is 115 Å². The minimum absolute atomic E-state index is 0.00961. The molecule has 0 spiro atoms. The third kappa shape index (κ3) is 13.4. The second-order valence-electron chi connectivity index (χ2n) is 10.5. The summed E-state index contributed by atoms with van der Waals surface area (Å²) < 4.78 is 20.9. The Hall–Kier alpha value is -4.95. The zero-order chi connectivity index (χ0) is 33.0. The lowest BCUT2D eigenvalue weighted by molar-refractivity contribution is -0.140. The van der Waals surface area contributed by atoms with Gasteiger partial charge in [0.05, 0.1) is 32.0 Å². The number of aryl methyl sites for hydroxylation is 1. The Morgan fingerprint density at radius 2 is 1.28 bits per heavy atom. The van der Waals surface area contributed by atoms with Crippen LogP contribution in [0.15, 0.2) is 104 Å². The highest BCUT2D eigenvalue weighted by molar-refractivity contribution is 5.89. The average molecular weight is 627 g/mol. The number of hydrogen-bond donors (Lipinski definition) is 1. The van der Waals surface area contributed by atoms with Crippen molar-refractivity contribution in [1.82, 2.24) is 0 Å². The molecule has 8 nitrogen and oxygen atoms in total. The summed E-state index contributed by atoms with van der Waals surface area (Å²) in [6.07, 6.45) is 11.1. The van der Waals surface area contributed by atoms with Crippen LogP contribution in [0.3, 0.4) is 0 Å². The molecule has 3 rings (SSSR count). The minimum Gasteiger partial charge on any atom is -0.493 e. The molecule has 3 aromatic carbocycles. The molecule has 0 saturated carbocycles. The van der Waals surface area contributed by atoms with Crippen molar-refractivity contribution < 1.29 is 38.4 Å². The van der Waals surface area contributed by atoms with E-state index in [0.29, 0.717) is 31.1 Å². The van der Waals surface area contributed by atoms with E-state index >= 15 is 0 Å². The third-order valence-corrected chi connectivity index (χ3v) is 6.94. The monoisotopic (exact) mass is 626 g/mol. The van der Waals surface area contributed by atoms with Crippen LogP contribution in [0.4, 0.5) is 0 Å². The van der Waals surface area contributed by atoms with Gasteiger partial charge in [0.25, 0.3) is 0 Å². The summed E-state index contributed by atoms with van der Waals surface area (Å²) in [7, 11) is 0. The van der Waals surface area contributed by atoms with E-state index in [1.807, 2.05) is 24.3 Å². The van der Waals surface area contributed by atoms with Crippen molar-refractivity contribution >= 4 is 24.0 Å². The van der Waals surface area contributed by atoms with Gasteiger partial charge in [-0.1, -0.05) is 81.0 Å². The van der Waals surface area contributed by atoms with E-state index in [2.05, 4.69) is 37.4 Å². The van der Waals surface area contributed by atoms with Crippen molar-refractivity contribution in [1.29, 1.82) is 0 Å². The van der Waals surface area contributed by atoms with Crippen LogP contribution in [0.5, 0.6) is 11.5 Å². The van der Waals surface area contributed by atoms with Crippen LogP contribution >= 0.6 is 0 Å². The predicted molar refractivity (Wildman–Crippen MR) is 178 cm³/mol. The fraction of sp³-hybridized carbons (Fsp3) is 0.289. The van der Waals surface area contributed by atoms with Gasteiger partial charge in [0.2, 0.25) is 0 Å². The normalized spacial score (nSPS) is 10.7. The highest BCUT2D eigenvalue weighted by atomic mass is 16.5. The van der Waals surface area contributed by atoms with Crippen LogP contribution in [0.1, 0.15) is 49.7 Å². The first-order valence-electron chi connectivity index (χ1n) is 15.4. The zero-order valence-electron chi connectivity index (χ0n) is 26.2. The number of carbonyl (C=O) groups excluding carboxylic acids is 3. The van der Waals surface area contributed by atoms with E-state index in [1.165, 1.54) is 17.7 Å². The zero-order valence-corrected chi connectivity index (χ0v) is 26.2. The largest absolute Gasteiger partial charge is 0.493 e. The fourth-order valence-corrected chi connectivity index (χ4v) is 4.34. The molecule has 0 aromatic heterocycles. The number of unbranched alkanes of at least 4 members (excludes halogenated alkanes) is 4. The van der Waals surface area contributed by atoms with E-state index in [1.54, 1.807) is 30.3 Å². The maximum Gasteiger partial charge on any atom is 0.336 e. The lowest BCUT2D eigenvalue weighted by Crippen LogP contribution is -2.12. The summed E-state index contributed by atoms with van der Waals surface area (Å²) in [4.78, 5) is 34.8. The van der Waals surface area contributed by atoms with Crippen LogP contribution < -0.4 is 9.47 Å². The molecule has 46 heavy (non-hydrogen) atoms. The highest BCUT2D eigenvalue weighted by Crippen LogP contribution is 2.22. The molecule has 3 aromatic rings. The molecule has 0 heterocycles. The molecule has 0 aliphatic heterocycles. The van der Waals surface area contributed by atoms with Crippen LogP contribution in [0, 0.1) is 0 Å². The highest BCUT2D eigenvalue weighted by Gasteiger charge is 2.07. The maximum atomic E-state index is 12.3. The molecule has 0 amide bonds. The summed E-state index contributed by atoms with van der Waals surface area (Å²) in [5.74, 6) is -0.498. The summed E-state index contributed by atoms with van der Waals surface area (Å²) >= 11 is 0. The van der Waals surface area contributed by atoms with Gasteiger partial charge in [-0.3, -0.25) is 0 Å². The Kier molecular flexibility index (Phi) is 15.6. The van der Waals surface area contributed by atoms with E-state index < -0.39 is 18.5 Å². The quantitative estimate of drug-likeness (QED) is 0.0615. The Morgan fingerprint density at radius 3 is 1.96 bits per heavy atom. The lowest BCUT2D eigenvalue weighted by Gasteiger charge is -2.08.